The largest absolute Gasteiger partial charge is 0.508 e. The Kier molecular flexibility index (Phi) is 7.24. The molecule has 1 aromatic rings. The molecule has 0 aliphatic carbocycles. The number of unbranched alkanes of at least 4 members (excludes halogenated alkanes) is 5. The van der Waals surface area contributed by atoms with Gasteiger partial charge in [0.25, 0.3) is 0 Å². The van der Waals surface area contributed by atoms with Gasteiger partial charge >= 0.3 is 0 Å². The Morgan fingerprint density at radius 3 is 2.56 bits per heavy atom. The molecule has 1 N–H and O–H groups in total. The van der Waals surface area contributed by atoms with Crippen molar-refractivity contribution in [2.24, 2.45) is 0 Å². The highest BCUT2D eigenvalue weighted by Crippen LogP contribution is 2.24. The average molecular weight is 246 g/mol. The number of phenols is 1. The summed E-state index contributed by atoms with van der Waals surface area (Å²) in [7, 11) is 0. The predicted octanol–water partition coefficient (Wildman–Crippen LogP) is 5.02. The van der Waals surface area contributed by atoms with Gasteiger partial charge in [0, 0.05) is 0 Å². The van der Waals surface area contributed by atoms with Crippen LogP contribution in [0.2, 0.25) is 0 Å². The normalized spacial score (nSPS) is 10.5. The van der Waals surface area contributed by atoms with Gasteiger partial charge in [-0.05, 0) is 36.5 Å². The summed E-state index contributed by atoms with van der Waals surface area (Å²) >= 11 is 0. The molecule has 0 aliphatic rings. The van der Waals surface area contributed by atoms with Crippen LogP contribution in [0.5, 0.6) is 5.75 Å². The highest BCUT2D eigenvalue weighted by atomic mass is 16.3. The van der Waals surface area contributed by atoms with Gasteiger partial charge < -0.3 is 5.11 Å². The fourth-order valence-electron chi connectivity index (χ4n) is 2.34. The number of phenolic OH excluding ortho intramolecular Hbond substituents is 1. The van der Waals surface area contributed by atoms with E-state index in [0.717, 1.165) is 18.4 Å². The second-order valence-electron chi connectivity index (χ2n) is 4.93. The molecule has 0 radical (unpaired) electrons. The molecule has 0 atom stereocenters. The van der Waals surface area contributed by atoms with Crippen molar-refractivity contribution in [2.75, 3.05) is 0 Å². The summed E-state index contributed by atoms with van der Waals surface area (Å²) in [6.45, 7) is 6.01. The maximum Gasteiger partial charge on any atom is 0.119 e. The number of hydrogen-bond donors (Lipinski definition) is 1. The summed E-state index contributed by atoms with van der Waals surface area (Å²) in [5.41, 5.74) is 2.34. The van der Waals surface area contributed by atoms with Gasteiger partial charge in [-0.1, -0.05) is 57.2 Å². The van der Waals surface area contributed by atoms with E-state index in [1.54, 1.807) is 6.07 Å². The van der Waals surface area contributed by atoms with Crippen LogP contribution in [-0.4, -0.2) is 5.11 Å². The van der Waals surface area contributed by atoms with Gasteiger partial charge in [0.2, 0.25) is 0 Å². The predicted molar refractivity (Wildman–Crippen MR) is 79.1 cm³/mol. The molecule has 1 rings (SSSR count). The van der Waals surface area contributed by atoms with Crippen molar-refractivity contribution in [3.63, 3.8) is 0 Å². The molecule has 1 heteroatoms. The van der Waals surface area contributed by atoms with Crippen LogP contribution in [0.15, 0.2) is 30.9 Å². The molecule has 100 valence electrons. The molecule has 0 spiro atoms. The Hall–Kier alpha value is -1.24. The van der Waals surface area contributed by atoms with Crippen LogP contribution < -0.4 is 0 Å². The van der Waals surface area contributed by atoms with Crippen molar-refractivity contribution in [3.8, 4) is 5.75 Å². The zero-order valence-corrected chi connectivity index (χ0v) is 11.6. The lowest BCUT2D eigenvalue weighted by molar-refractivity contribution is 0.465. The summed E-state index contributed by atoms with van der Waals surface area (Å²) in [6.07, 6.45) is 11.5. The van der Waals surface area contributed by atoms with E-state index in [0.29, 0.717) is 5.75 Å². The summed E-state index contributed by atoms with van der Waals surface area (Å²) < 4.78 is 0. The standard InChI is InChI=1S/C17H26O/c1-3-5-6-7-8-9-13-16-15(11-4-2)12-10-14-17(16)18/h4,10,12,14,18H,2-3,5-9,11,13H2,1H3. The fourth-order valence-corrected chi connectivity index (χ4v) is 2.34. The molecule has 18 heavy (non-hydrogen) atoms. The first-order valence-electron chi connectivity index (χ1n) is 7.20. The molecule has 0 heterocycles. The second kappa shape index (κ2) is 8.79. The van der Waals surface area contributed by atoms with Crippen LogP contribution in [-0.2, 0) is 12.8 Å². The van der Waals surface area contributed by atoms with Gasteiger partial charge in [0.05, 0.1) is 0 Å². The quantitative estimate of drug-likeness (QED) is 0.479. The van der Waals surface area contributed by atoms with Gasteiger partial charge in [-0.15, -0.1) is 6.58 Å². The Balaban J connectivity index is 2.42. The minimum atomic E-state index is 0.447. The van der Waals surface area contributed by atoms with Crippen molar-refractivity contribution < 1.29 is 5.11 Å². The van der Waals surface area contributed by atoms with E-state index in [1.807, 2.05) is 12.1 Å². The van der Waals surface area contributed by atoms with Crippen molar-refractivity contribution in [1.29, 1.82) is 0 Å². The van der Waals surface area contributed by atoms with Crippen LogP contribution in [0.3, 0.4) is 0 Å². The van der Waals surface area contributed by atoms with Crippen LogP contribution in [0.4, 0.5) is 0 Å². The maximum absolute atomic E-state index is 9.92. The van der Waals surface area contributed by atoms with E-state index < -0.39 is 0 Å². The van der Waals surface area contributed by atoms with E-state index in [9.17, 15) is 5.11 Å². The SMILES string of the molecule is C=CCc1cccc(O)c1CCCCCCCC. The van der Waals surface area contributed by atoms with Crippen LogP contribution in [0.1, 0.15) is 56.6 Å². The Morgan fingerprint density at radius 2 is 1.83 bits per heavy atom. The van der Waals surface area contributed by atoms with E-state index in [-0.39, 0.29) is 0 Å². The number of rotatable bonds is 9. The van der Waals surface area contributed by atoms with Crippen molar-refractivity contribution in [2.45, 2.75) is 58.3 Å². The van der Waals surface area contributed by atoms with Crippen molar-refractivity contribution in [3.05, 3.63) is 42.0 Å². The van der Waals surface area contributed by atoms with Gasteiger partial charge in [-0.25, -0.2) is 0 Å². The fraction of sp³-hybridized carbons (Fsp3) is 0.529. The molecule has 0 saturated heterocycles. The number of benzene rings is 1. The summed E-state index contributed by atoms with van der Waals surface area (Å²) in [6, 6.07) is 5.80. The van der Waals surface area contributed by atoms with E-state index in [4.69, 9.17) is 0 Å². The first kappa shape index (κ1) is 14.8. The molecule has 0 bridgehead atoms. The highest BCUT2D eigenvalue weighted by Gasteiger charge is 2.06. The zero-order chi connectivity index (χ0) is 13.2. The molecule has 0 aromatic heterocycles. The molecule has 0 saturated carbocycles. The zero-order valence-electron chi connectivity index (χ0n) is 11.6. The Bertz CT molecular complexity index is 355. The lowest BCUT2D eigenvalue weighted by Crippen LogP contribution is -1.94. The first-order chi connectivity index (χ1) is 8.79. The Morgan fingerprint density at radius 1 is 1.11 bits per heavy atom. The lowest BCUT2D eigenvalue weighted by atomic mass is 9.97. The maximum atomic E-state index is 9.92. The minimum absolute atomic E-state index is 0.447. The van der Waals surface area contributed by atoms with E-state index >= 15 is 0 Å². The molecule has 0 amide bonds. The second-order valence-corrected chi connectivity index (χ2v) is 4.93. The molecular weight excluding hydrogens is 220 g/mol. The summed E-state index contributed by atoms with van der Waals surface area (Å²) in [5.74, 6) is 0.447. The molecular formula is C17H26O. The lowest BCUT2D eigenvalue weighted by Gasteiger charge is -2.10. The third kappa shape index (κ3) is 4.95. The van der Waals surface area contributed by atoms with Crippen LogP contribution >= 0.6 is 0 Å². The summed E-state index contributed by atoms with van der Waals surface area (Å²) in [5, 5.41) is 9.92. The average Bonchev–Trinajstić information content (AvgIpc) is 2.36. The van der Waals surface area contributed by atoms with Gasteiger partial charge in [-0.3, -0.25) is 0 Å². The third-order valence-corrected chi connectivity index (χ3v) is 3.39. The van der Waals surface area contributed by atoms with Gasteiger partial charge in [0.15, 0.2) is 0 Å². The molecule has 1 aromatic carbocycles. The molecule has 0 fully saturated rings. The van der Waals surface area contributed by atoms with Crippen LogP contribution in [0, 0.1) is 0 Å². The number of allylic oxidation sites excluding steroid dienone is 1. The first-order valence-corrected chi connectivity index (χ1v) is 7.20. The monoisotopic (exact) mass is 246 g/mol. The molecule has 0 aliphatic heterocycles. The minimum Gasteiger partial charge on any atom is -0.508 e. The molecule has 1 nitrogen and oxygen atoms in total. The number of hydrogen-bond acceptors (Lipinski definition) is 1. The van der Waals surface area contributed by atoms with Crippen molar-refractivity contribution >= 4 is 0 Å². The van der Waals surface area contributed by atoms with E-state index in [1.165, 1.54) is 44.1 Å². The topological polar surface area (TPSA) is 20.2 Å². The highest BCUT2D eigenvalue weighted by molar-refractivity contribution is 5.40. The summed E-state index contributed by atoms with van der Waals surface area (Å²) in [4.78, 5) is 0. The third-order valence-electron chi connectivity index (χ3n) is 3.39. The van der Waals surface area contributed by atoms with Gasteiger partial charge in [-0.2, -0.15) is 0 Å². The van der Waals surface area contributed by atoms with Crippen molar-refractivity contribution in [1.82, 2.24) is 0 Å². The number of aromatic hydroxyl groups is 1. The van der Waals surface area contributed by atoms with Crippen LogP contribution in [0.25, 0.3) is 0 Å². The Labute approximate surface area is 112 Å². The molecule has 0 unspecified atom stereocenters. The van der Waals surface area contributed by atoms with E-state index in [2.05, 4.69) is 19.6 Å². The smallest absolute Gasteiger partial charge is 0.119 e. The van der Waals surface area contributed by atoms with Gasteiger partial charge in [0.1, 0.15) is 5.75 Å².